The van der Waals surface area contributed by atoms with E-state index in [1.807, 2.05) is 0 Å². The SMILES string of the molecule is CNc1cc(Nc2cccn([C@H]3C[C@@H]3F)c2=O)nc2c(C(N)=O)cnn12. The van der Waals surface area contributed by atoms with Crippen LogP contribution in [0.2, 0.25) is 0 Å². The van der Waals surface area contributed by atoms with Gasteiger partial charge in [0, 0.05) is 25.7 Å². The lowest BCUT2D eigenvalue weighted by molar-refractivity contribution is 0.100. The number of carbonyl (C=O) groups is 1. The van der Waals surface area contributed by atoms with Crippen molar-refractivity contribution in [2.24, 2.45) is 5.73 Å². The number of pyridine rings is 1. The lowest BCUT2D eigenvalue weighted by Gasteiger charge is -2.11. The van der Waals surface area contributed by atoms with Gasteiger partial charge in [0.15, 0.2) is 5.65 Å². The normalized spacial score (nSPS) is 18.7. The number of nitrogens with one attached hydrogen (secondary N) is 2. The lowest BCUT2D eigenvalue weighted by atomic mass is 10.3. The minimum atomic E-state index is -0.988. The number of amides is 1. The van der Waals surface area contributed by atoms with E-state index in [0.29, 0.717) is 18.1 Å². The maximum Gasteiger partial charge on any atom is 0.274 e. The molecule has 3 heterocycles. The van der Waals surface area contributed by atoms with Gasteiger partial charge in [0.2, 0.25) is 0 Å². The van der Waals surface area contributed by atoms with Crippen LogP contribution in [0.5, 0.6) is 0 Å². The number of alkyl halides is 1. The van der Waals surface area contributed by atoms with Crippen molar-refractivity contribution < 1.29 is 9.18 Å². The molecule has 0 aliphatic heterocycles. The van der Waals surface area contributed by atoms with Gasteiger partial charge in [-0.15, -0.1) is 0 Å². The van der Waals surface area contributed by atoms with Gasteiger partial charge in [-0.2, -0.15) is 9.61 Å². The van der Waals surface area contributed by atoms with Crippen LogP contribution < -0.4 is 21.9 Å². The number of nitrogens with two attached hydrogens (primary N) is 1. The molecule has 0 unspecified atom stereocenters. The molecule has 4 rings (SSSR count). The van der Waals surface area contributed by atoms with Crippen LogP contribution in [-0.2, 0) is 0 Å². The number of primary amides is 1. The molecule has 10 heteroatoms. The van der Waals surface area contributed by atoms with Crippen LogP contribution in [-0.4, -0.2) is 38.3 Å². The highest BCUT2D eigenvalue weighted by Crippen LogP contribution is 2.37. The van der Waals surface area contributed by atoms with Crippen molar-refractivity contribution in [3.05, 3.63) is 46.5 Å². The summed E-state index contributed by atoms with van der Waals surface area (Å²) in [5.74, 6) is 0.219. The average molecular weight is 357 g/mol. The number of anilines is 3. The fourth-order valence-corrected chi connectivity index (χ4v) is 2.82. The minimum absolute atomic E-state index is 0.161. The molecule has 0 bridgehead atoms. The van der Waals surface area contributed by atoms with E-state index in [1.165, 1.54) is 15.3 Å². The first-order valence-electron chi connectivity index (χ1n) is 7.98. The highest BCUT2D eigenvalue weighted by atomic mass is 19.1. The highest BCUT2D eigenvalue weighted by molar-refractivity contribution is 5.98. The monoisotopic (exact) mass is 357 g/mol. The van der Waals surface area contributed by atoms with Crippen molar-refractivity contribution in [2.75, 3.05) is 17.7 Å². The Morgan fingerprint density at radius 2 is 2.23 bits per heavy atom. The van der Waals surface area contributed by atoms with Gasteiger partial charge < -0.3 is 20.9 Å². The summed E-state index contributed by atoms with van der Waals surface area (Å²) in [6.45, 7) is 0. The smallest absolute Gasteiger partial charge is 0.274 e. The second-order valence-corrected chi connectivity index (χ2v) is 6.01. The van der Waals surface area contributed by atoms with Gasteiger partial charge >= 0.3 is 0 Å². The largest absolute Gasteiger partial charge is 0.373 e. The second-order valence-electron chi connectivity index (χ2n) is 6.01. The third-order valence-corrected chi connectivity index (χ3v) is 4.27. The van der Waals surface area contributed by atoms with Crippen LogP contribution in [0.1, 0.15) is 22.8 Å². The first kappa shape index (κ1) is 16.1. The molecule has 1 saturated carbocycles. The van der Waals surface area contributed by atoms with Crippen molar-refractivity contribution in [2.45, 2.75) is 18.6 Å². The molecule has 9 nitrogen and oxygen atoms in total. The van der Waals surface area contributed by atoms with Crippen LogP contribution in [0.3, 0.4) is 0 Å². The van der Waals surface area contributed by atoms with E-state index in [-0.39, 0.29) is 22.5 Å². The molecular formula is C16H16FN7O2. The summed E-state index contributed by atoms with van der Waals surface area (Å²) in [6.07, 6.45) is 2.25. The van der Waals surface area contributed by atoms with E-state index in [9.17, 15) is 14.0 Å². The van der Waals surface area contributed by atoms with Gasteiger partial charge in [-0.1, -0.05) is 0 Å². The molecule has 0 spiro atoms. The summed E-state index contributed by atoms with van der Waals surface area (Å²) in [5.41, 5.74) is 5.69. The number of hydrogen-bond acceptors (Lipinski definition) is 6. The maximum atomic E-state index is 13.3. The minimum Gasteiger partial charge on any atom is -0.373 e. The van der Waals surface area contributed by atoms with Crippen LogP contribution in [0.15, 0.2) is 35.4 Å². The number of rotatable bonds is 5. The molecular weight excluding hydrogens is 341 g/mol. The Kier molecular flexibility index (Phi) is 3.60. The summed E-state index contributed by atoms with van der Waals surface area (Å²) >= 11 is 0. The van der Waals surface area contributed by atoms with Gasteiger partial charge in [-0.25, -0.2) is 9.37 Å². The molecule has 1 amide bonds. The molecule has 4 N–H and O–H groups in total. The number of fused-ring (bicyclic) bond motifs is 1. The molecule has 3 aromatic heterocycles. The van der Waals surface area contributed by atoms with Crippen molar-refractivity contribution in [1.29, 1.82) is 0 Å². The Hall–Kier alpha value is -3.43. The van der Waals surface area contributed by atoms with E-state index in [1.54, 1.807) is 31.4 Å². The Bertz CT molecular complexity index is 1070. The van der Waals surface area contributed by atoms with Crippen molar-refractivity contribution in [3.8, 4) is 0 Å². The van der Waals surface area contributed by atoms with E-state index >= 15 is 0 Å². The van der Waals surface area contributed by atoms with E-state index in [2.05, 4.69) is 20.7 Å². The number of halogens is 1. The second kappa shape index (κ2) is 5.83. The summed E-state index contributed by atoms with van der Waals surface area (Å²) in [4.78, 5) is 28.4. The van der Waals surface area contributed by atoms with Crippen molar-refractivity contribution >= 4 is 28.9 Å². The molecule has 0 aromatic carbocycles. The zero-order valence-electron chi connectivity index (χ0n) is 13.8. The topological polar surface area (TPSA) is 119 Å². The molecule has 134 valence electrons. The van der Waals surface area contributed by atoms with Crippen LogP contribution in [0, 0.1) is 0 Å². The molecule has 1 aliphatic carbocycles. The number of aromatic nitrogens is 4. The van der Waals surface area contributed by atoms with Crippen LogP contribution in [0.4, 0.5) is 21.7 Å². The lowest BCUT2D eigenvalue weighted by Crippen LogP contribution is -2.22. The molecule has 1 fully saturated rings. The summed E-state index contributed by atoms with van der Waals surface area (Å²) in [6, 6.07) is 4.48. The van der Waals surface area contributed by atoms with E-state index in [0.717, 1.165) is 0 Å². The predicted molar refractivity (Wildman–Crippen MR) is 93.6 cm³/mol. The first-order valence-corrected chi connectivity index (χ1v) is 7.98. The van der Waals surface area contributed by atoms with Crippen molar-refractivity contribution in [1.82, 2.24) is 19.2 Å². The molecule has 0 saturated heterocycles. The molecule has 0 radical (unpaired) electrons. The maximum absolute atomic E-state index is 13.3. The average Bonchev–Trinajstić information content (AvgIpc) is 3.17. The standard InChI is InChI=1S/C16H16FN7O2/c1-19-13-6-12(22-15-8(14(18)25)7-20-24(13)15)21-10-3-2-4-23(16(10)26)11-5-9(11)17/h2-4,6-7,9,11,19H,5H2,1H3,(H2,18,25)(H,21,22)/t9-,11-/m0/s1. The zero-order chi connectivity index (χ0) is 18.4. The third kappa shape index (κ3) is 2.55. The molecule has 26 heavy (non-hydrogen) atoms. The van der Waals surface area contributed by atoms with Crippen LogP contribution in [0.25, 0.3) is 5.65 Å². The van der Waals surface area contributed by atoms with Gasteiger partial charge in [0.1, 0.15) is 29.1 Å². The number of carbonyl (C=O) groups excluding carboxylic acids is 1. The summed E-state index contributed by atoms with van der Waals surface area (Å²) < 4.78 is 16.1. The summed E-state index contributed by atoms with van der Waals surface area (Å²) in [5, 5.41) is 9.96. The Morgan fingerprint density at radius 3 is 2.88 bits per heavy atom. The Labute approximate surface area is 146 Å². The highest BCUT2D eigenvalue weighted by Gasteiger charge is 2.39. The molecule has 2 atom stereocenters. The van der Waals surface area contributed by atoms with E-state index < -0.39 is 18.1 Å². The molecule has 3 aromatic rings. The zero-order valence-corrected chi connectivity index (χ0v) is 13.8. The number of nitrogens with zero attached hydrogens (tertiary/aromatic N) is 4. The third-order valence-electron chi connectivity index (χ3n) is 4.27. The van der Waals surface area contributed by atoms with Crippen molar-refractivity contribution in [3.63, 3.8) is 0 Å². The van der Waals surface area contributed by atoms with E-state index in [4.69, 9.17) is 5.73 Å². The fraction of sp³-hybridized carbons (Fsp3) is 0.250. The van der Waals surface area contributed by atoms with Gasteiger partial charge in [0.05, 0.1) is 12.2 Å². The quantitative estimate of drug-likeness (QED) is 0.628. The first-order chi connectivity index (χ1) is 12.5. The Balaban J connectivity index is 1.77. The summed E-state index contributed by atoms with van der Waals surface area (Å²) in [7, 11) is 1.69. The van der Waals surface area contributed by atoms with Gasteiger partial charge in [-0.05, 0) is 12.1 Å². The van der Waals surface area contributed by atoms with Gasteiger partial charge in [-0.3, -0.25) is 9.59 Å². The molecule has 1 aliphatic rings. The fourth-order valence-electron chi connectivity index (χ4n) is 2.82. The van der Waals surface area contributed by atoms with Gasteiger partial charge in [0.25, 0.3) is 11.5 Å². The van der Waals surface area contributed by atoms with Crippen LogP contribution >= 0.6 is 0 Å². The number of hydrogen-bond donors (Lipinski definition) is 3. The predicted octanol–water partition coefficient (Wildman–Crippen LogP) is 1.06. The Morgan fingerprint density at radius 1 is 1.46 bits per heavy atom.